The van der Waals surface area contributed by atoms with Gasteiger partial charge in [-0.3, -0.25) is 4.79 Å². The zero-order chi connectivity index (χ0) is 15.5. The number of rotatable bonds is 4. The molecule has 1 aliphatic rings. The molecule has 2 aromatic rings. The van der Waals surface area contributed by atoms with Crippen molar-refractivity contribution in [3.05, 3.63) is 47.5 Å². The Morgan fingerprint density at radius 3 is 2.91 bits per heavy atom. The van der Waals surface area contributed by atoms with E-state index >= 15 is 0 Å². The van der Waals surface area contributed by atoms with Gasteiger partial charge in [0.05, 0.1) is 17.4 Å². The van der Waals surface area contributed by atoms with Gasteiger partial charge in [0.15, 0.2) is 0 Å². The Balaban J connectivity index is 1.67. The molecular weight excluding hydrogens is 283 g/mol. The highest BCUT2D eigenvalue weighted by Crippen LogP contribution is 2.13. The Labute approximate surface area is 128 Å². The third kappa shape index (κ3) is 3.17. The zero-order valence-electron chi connectivity index (χ0n) is 12.5. The molecule has 1 aliphatic heterocycles. The van der Waals surface area contributed by atoms with Crippen molar-refractivity contribution >= 4 is 5.91 Å². The first-order valence-electron chi connectivity index (χ1n) is 7.45. The van der Waals surface area contributed by atoms with Crippen LogP contribution in [-0.2, 0) is 11.3 Å². The number of nitrogens with zero attached hydrogens (tertiary/aromatic N) is 2. The Hall–Kier alpha value is -2.21. The minimum atomic E-state index is -0.274. The Bertz CT molecular complexity index is 659. The molecule has 0 spiro atoms. The average Bonchev–Trinajstić information content (AvgIpc) is 3.15. The van der Waals surface area contributed by atoms with E-state index < -0.39 is 0 Å². The van der Waals surface area contributed by atoms with E-state index in [1.807, 2.05) is 13.1 Å². The molecule has 1 saturated heterocycles. The highest BCUT2D eigenvalue weighted by atomic mass is 19.1. The van der Waals surface area contributed by atoms with Crippen molar-refractivity contribution < 1.29 is 9.18 Å². The maximum absolute atomic E-state index is 13.0. The molecule has 1 amide bonds. The lowest BCUT2D eigenvalue weighted by molar-refractivity contribution is -0.122. The van der Waals surface area contributed by atoms with Crippen molar-refractivity contribution in [2.45, 2.75) is 32.4 Å². The fraction of sp³-hybridized carbons (Fsp3) is 0.375. The minimum absolute atomic E-state index is 0.0337. The largest absolute Gasteiger partial charge is 0.351 e. The fourth-order valence-corrected chi connectivity index (χ4v) is 2.61. The molecular formula is C16H19FN4O. The monoisotopic (exact) mass is 302 g/mol. The molecule has 2 N–H and O–H groups in total. The van der Waals surface area contributed by atoms with Gasteiger partial charge in [0.2, 0.25) is 5.91 Å². The average molecular weight is 302 g/mol. The first-order chi connectivity index (χ1) is 10.6. The van der Waals surface area contributed by atoms with Crippen molar-refractivity contribution in [1.82, 2.24) is 20.4 Å². The van der Waals surface area contributed by atoms with Crippen LogP contribution in [0.2, 0.25) is 0 Å². The van der Waals surface area contributed by atoms with Gasteiger partial charge >= 0.3 is 0 Å². The molecule has 1 aromatic heterocycles. The molecule has 1 unspecified atom stereocenters. The van der Waals surface area contributed by atoms with E-state index in [1.54, 1.807) is 16.8 Å². The van der Waals surface area contributed by atoms with Crippen LogP contribution in [0.15, 0.2) is 30.5 Å². The molecule has 0 aliphatic carbocycles. The number of aryl methyl sites for hydroxylation is 1. The Kier molecular flexibility index (Phi) is 4.20. The van der Waals surface area contributed by atoms with E-state index in [4.69, 9.17) is 0 Å². The standard InChI is InChI=1S/C16H19FN4O/c1-11-12(9-19-16(22)15-3-2-8-18-15)10-21(20-11)14-6-4-13(17)5-7-14/h4-7,10,15,18H,2-3,8-9H2,1H3,(H,19,22). The van der Waals surface area contributed by atoms with Crippen LogP contribution in [-0.4, -0.2) is 28.3 Å². The number of nitrogens with one attached hydrogen (secondary N) is 2. The lowest BCUT2D eigenvalue weighted by Gasteiger charge is -2.10. The number of aromatic nitrogens is 2. The van der Waals surface area contributed by atoms with Crippen molar-refractivity contribution in [2.24, 2.45) is 0 Å². The Morgan fingerprint density at radius 2 is 2.23 bits per heavy atom. The summed E-state index contributed by atoms with van der Waals surface area (Å²) in [5.74, 6) is -0.240. The van der Waals surface area contributed by atoms with E-state index in [1.165, 1.54) is 12.1 Å². The predicted octanol–water partition coefficient (Wildman–Crippen LogP) is 1.69. The van der Waals surface area contributed by atoms with E-state index in [0.29, 0.717) is 6.54 Å². The van der Waals surface area contributed by atoms with Crippen molar-refractivity contribution in [3.8, 4) is 5.69 Å². The summed E-state index contributed by atoms with van der Waals surface area (Å²) in [5.41, 5.74) is 2.60. The molecule has 116 valence electrons. The van der Waals surface area contributed by atoms with Crippen molar-refractivity contribution in [3.63, 3.8) is 0 Å². The summed E-state index contributed by atoms with van der Waals surface area (Å²) < 4.78 is 14.7. The van der Waals surface area contributed by atoms with Crippen molar-refractivity contribution in [1.29, 1.82) is 0 Å². The highest BCUT2D eigenvalue weighted by Gasteiger charge is 2.21. The summed E-state index contributed by atoms with van der Waals surface area (Å²) in [6.45, 7) is 3.25. The molecule has 6 heteroatoms. The van der Waals surface area contributed by atoms with Crippen molar-refractivity contribution in [2.75, 3.05) is 6.54 Å². The van der Waals surface area contributed by atoms with Gasteiger partial charge in [-0.15, -0.1) is 0 Å². The minimum Gasteiger partial charge on any atom is -0.351 e. The quantitative estimate of drug-likeness (QED) is 0.903. The predicted molar refractivity (Wildman–Crippen MR) is 81.1 cm³/mol. The topological polar surface area (TPSA) is 59.0 Å². The molecule has 22 heavy (non-hydrogen) atoms. The number of carbonyl (C=O) groups is 1. The van der Waals surface area contributed by atoms with E-state index in [0.717, 1.165) is 36.3 Å². The van der Waals surface area contributed by atoms with Crippen LogP contribution in [0.4, 0.5) is 4.39 Å². The third-order valence-corrected chi connectivity index (χ3v) is 3.92. The number of amides is 1. The fourth-order valence-electron chi connectivity index (χ4n) is 2.61. The molecule has 2 heterocycles. The summed E-state index contributed by atoms with van der Waals surface area (Å²) in [7, 11) is 0. The van der Waals surface area contributed by atoms with Gasteiger partial charge in [0, 0.05) is 18.3 Å². The number of carbonyl (C=O) groups excluding carboxylic acids is 1. The maximum atomic E-state index is 13.0. The van der Waals surface area contributed by atoms with E-state index in [9.17, 15) is 9.18 Å². The first-order valence-corrected chi connectivity index (χ1v) is 7.45. The molecule has 1 atom stereocenters. The normalized spacial score (nSPS) is 17.6. The second-order valence-electron chi connectivity index (χ2n) is 5.53. The van der Waals surface area contributed by atoms with Gasteiger partial charge in [-0.05, 0) is 50.6 Å². The lowest BCUT2D eigenvalue weighted by Crippen LogP contribution is -2.40. The first kappa shape index (κ1) is 14.7. The number of halogens is 1. The number of hydrogen-bond donors (Lipinski definition) is 2. The van der Waals surface area contributed by atoms with Crippen LogP contribution in [0.5, 0.6) is 0 Å². The summed E-state index contributed by atoms with van der Waals surface area (Å²) in [6.07, 6.45) is 3.80. The molecule has 0 radical (unpaired) electrons. The molecule has 0 bridgehead atoms. The van der Waals surface area contributed by atoms with Crippen LogP contribution in [0.3, 0.4) is 0 Å². The molecule has 3 rings (SSSR count). The van der Waals surface area contributed by atoms with Gasteiger partial charge in [0.1, 0.15) is 5.82 Å². The van der Waals surface area contributed by atoms with E-state index in [-0.39, 0.29) is 17.8 Å². The molecule has 1 fully saturated rings. The summed E-state index contributed by atoms with van der Waals surface area (Å²) >= 11 is 0. The van der Waals surface area contributed by atoms with Gasteiger partial charge < -0.3 is 10.6 Å². The highest BCUT2D eigenvalue weighted by molar-refractivity contribution is 5.81. The summed E-state index contributed by atoms with van der Waals surface area (Å²) in [6, 6.07) is 6.07. The third-order valence-electron chi connectivity index (χ3n) is 3.92. The lowest BCUT2D eigenvalue weighted by atomic mass is 10.2. The number of hydrogen-bond acceptors (Lipinski definition) is 3. The van der Waals surface area contributed by atoms with Crippen LogP contribution in [0.25, 0.3) is 5.69 Å². The smallest absolute Gasteiger partial charge is 0.237 e. The van der Waals surface area contributed by atoms with Crippen LogP contribution >= 0.6 is 0 Å². The second kappa shape index (κ2) is 6.27. The van der Waals surface area contributed by atoms with Gasteiger partial charge in [-0.2, -0.15) is 5.10 Å². The SMILES string of the molecule is Cc1nn(-c2ccc(F)cc2)cc1CNC(=O)C1CCCN1. The van der Waals surface area contributed by atoms with Gasteiger partial charge in [-0.1, -0.05) is 0 Å². The summed E-state index contributed by atoms with van der Waals surface area (Å²) in [5, 5.41) is 10.5. The summed E-state index contributed by atoms with van der Waals surface area (Å²) in [4.78, 5) is 12.0. The zero-order valence-corrected chi connectivity index (χ0v) is 12.5. The van der Waals surface area contributed by atoms with Gasteiger partial charge in [-0.25, -0.2) is 9.07 Å². The second-order valence-corrected chi connectivity index (χ2v) is 5.53. The molecule has 0 saturated carbocycles. The number of benzene rings is 1. The van der Waals surface area contributed by atoms with Crippen LogP contribution in [0.1, 0.15) is 24.1 Å². The van der Waals surface area contributed by atoms with E-state index in [2.05, 4.69) is 15.7 Å². The molecule has 5 nitrogen and oxygen atoms in total. The maximum Gasteiger partial charge on any atom is 0.237 e. The van der Waals surface area contributed by atoms with Gasteiger partial charge in [0.25, 0.3) is 0 Å². The molecule has 1 aromatic carbocycles. The Morgan fingerprint density at radius 1 is 1.45 bits per heavy atom. The van der Waals surface area contributed by atoms with Crippen LogP contribution < -0.4 is 10.6 Å². The van der Waals surface area contributed by atoms with Crippen LogP contribution in [0, 0.1) is 12.7 Å².